The maximum absolute atomic E-state index is 14.7. The van der Waals surface area contributed by atoms with Crippen molar-refractivity contribution in [2.75, 3.05) is 18.4 Å². The molecule has 7 nitrogen and oxygen atoms in total. The molecular weight excluding hydrogens is 491 g/mol. The Kier molecular flexibility index (Phi) is 7.39. The summed E-state index contributed by atoms with van der Waals surface area (Å²) >= 11 is 0.759. The normalized spacial score (nSPS) is 20.8. The average molecular weight is 514 g/mol. The van der Waals surface area contributed by atoms with Crippen LogP contribution in [0.15, 0.2) is 47.6 Å². The molecule has 1 aliphatic carbocycles. The minimum atomic E-state index is -4.41. The predicted octanol–water partition coefficient (Wildman–Crippen LogP) is 4.73. The molecule has 34 heavy (non-hydrogen) atoms. The molecule has 0 amide bonds. The molecule has 3 atom stereocenters. The fraction of sp³-hybridized carbons (Fsp3) is 0.364. The molecule has 2 aromatic carbocycles. The molecular formula is C22H22F3N3O4S2. The van der Waals surface area contributed by atoms with E-state index in [-0.39, 0.29) is 35.5 Å². The molecule has 12 heteroatoms. The molecule has 1 heterocycles. The highest BCUT2D eigenvalue weighted by molar-refractivity contribution is 7.93. The van der Waals surface area contributed by atoms with Gasteiger partial charge in [-0.2, -0.15) is 4.37 Å². The van der Waals surface area contributed by atoms with Crippen molar-refractivity contribution in [2.24, 2.45) is 5.92 Å². The van der Waals surface area contributed by atoms with E-state index in [9.17, 15) is 21.6 Å². The highest BCUT2D eigenvalue weighted by Gasteiger charge is 2.33. The molecule has 0 spiro atoms. The molecule has 1 aromatic heterocycles. The van der Waals surface area contributed by atoms with Gasteiger partial charge >= 0.3 is 0 Å². The second-order valence-corrected chi connectivity index (χ2v) is 10.4. The van der Waals surface area contributed by atoms with Crippen molar-refractivity contribution >= 4 is 26.7 Å². The van der Waals surface area contributed by atoms with Crippen molar-refractivity contribution in [1.29, 1.82) is 0 Å². The first kappa shape index (κ1) is 24.4. The van der Waals surface area contributed by atoms with E-state index < -0.39 is 32.3 Å². The Hall–Kier alpha value is -2.70. The third-order valence-corrected chi connectivity index (χ3v) is 7.94. The third-order valence-electron chi connectivity index (χ3n) is 5.88. The van der Waals surface area contributed by atoms with Crippen LogP contribution >= 0.6 is 11.5 Å². The summed E-state index contributed by atoms with van der Waals surface area (Å²) < 4.78 is 84.4. The van der Waals surface area contributed by atoms with Crippen molar-refractivity contribution in [3.63, 3.8) is 0 Å². The highest BCUT2D eigenvalue weighted by atomic mass is 32.2. The van der Waals surface area contributed by atoms with Crippen LogP contribution in [0.4, 0.5) is 18.3 Å². The zero-order chi connectivity index (χ0) is 24.3. The summed E-state index contributed by atoms with van der Waals surface area (Å²) in [4.78, 5) is 2.81. The van der Waals surface area contributed by atoms with Crippen LogP contribution in [-0.2, 0) is 14.8 Å². The van der Waals surface area contributed by atoms with Gasteiger partial charge in [0.05, 0.1) is 12.7 Å². The van der Waals surface area contributed by atoms with Crippen LogP contribution < -0.4 is 9.46 Å². The number of nitrogens with one attached hydrogen (secondary N) is 1. The van der Waals surface area contributed by atoms with Crippen LogP contribution in [0.1, 0.15) is 30.7 Å². The Balaban J connectivity index is 1.52. The monoisotopic (exact) mass is 513 g/mol. The van der Waals surface area contributed by atoms with Crippen LogP contribution in [0.2, 0.25) is 0 Å². The van der Waals surface area contributed by atoms with E-state index in [1.165, 1.54) is 12.1 Å². The standard InChI is InChI=1S/C22H22F3N3O4S2/c1-31-16-6-7-17(13-2-4-15(23)5-3-13)14(8-16)11-32-20-9-19(25)21(10-18(20)24)34(29,30)28-22-26-12-27-33-22/h2-5,9-10,12,14,16-17H,6-8,11H2,1H3,(H,26,27,28)/t14-,16?,17-/m0/s1. The second kappa shape index (κ2) is 10.3. The van der Waals surface area contributed by atoms with Gasteiger partial charge in [0, 0.05) is 36.7 Å². The smallest absolute Gasteiger partial charge is 0.266 e. The molecule has 1 N–H and O–H groups in total. The van der Waals surface area contributed by atoms with E-state index in [0.717, 1.165) is 36.3 Å². The molecule has 1 unspecified atom stereocenters. The molecule has 0 bridgehead atoms. The van der Waals surface area contributed by atoms with Gasteiger partial charge in [-0.3, -0.25) is 4.72 Å². The minimum Gasteiger partial charge on any atom is -0.490 e. The molecule has 1 aliphatic rings. The molecule has 0 saturated heterocycles. The number of hydrogen-bond donors (Lipinski definition) is 1. The van der Waals surface area contributed by atoms with Crippen LogP contribution in [0.3, 0.4) is 0 Å². The Morgan fingerprint density at radius 1 is 1.12 bits per heavy atom. The van der Waals surface area contributed by atoms with E-state index in [4.69, 9.17) is 9.47 Å². The Labute approximate surface area is 199 Å². The third kappa shape index (κ3) is 5.50. The first-order valence-electron chi connectivity index (χ1n) is 10.5. The summed E-state index contributed by atoms with van der Waals surface area (Å²) in [5.74, 6) is -3.00. The van der Waals surface area contributed by atoms with Crippen molar-refractivity contribution in [1.82, 2.24) is 9.36 Å². The van der Waals surface area contributed by atoms with E-state index >= 15 is 0 Å². The molecule has 0 radical (unpaired) electrons. The average Bonchev–Trinajstić information content (AvgIpc) is 3.32. The molecule has 1 fully saturated rings. The summed E-state index contributed by atoms with van der Waals surface area (Å²) in [7, 11) is -2.79. The Morgan fingerprint density at radius 3 is 2.56 bits per heavy atom. The van der Waals surface area contributed by atoms with Gasteiger partial charge in [-0.1, -0.05) is 12.1 Å². The first-order chi connectivity index (χ1) is 16.3. The van der Waals surface area contributed by atoms with Gasteiger partial charge in [-0.05, 0) is 42.9 Å². The Bertz CT molecular complexity index is 1220. The largest absolute Gasteiger partial charge is 0.490 e. The number of methoxy groups -OCH3 is 1. The SMILES string of the molecule is COC1CC[C@@H](c2ccc(F)cc2)[C@H](COc2cc(F)c(S(=O)(=O)Nc3ncns3)cc2F)C1. The van der Waals surface area contributed by atoms with Crippen molar-refractivity contribution in [2.45, 2.75) is 36.2 Å². The number of nitrogens with zero attached hydrogens (tertiary/aromatic N) is 2. The second-order valence-electron chi connectivity index (χ2n) is 7.96. The molecule has 4 rings (SSSR count). The number of sulfonamides is 1. The van der Waals surface area contributed by atoms with Gasteiger partial charge in [0.25, 0.3) is 10.0 Å². The lowest BCUT2D eigenvalue weighted by molar-refractivity contribution is 0.0297. The summed E-state index contributed by atoms with van der Waals surface area (Å²) in [6.45, 7) is 0.0490. The summed E-state index contributed by atoms with van der Waals surface area (Å²) in [5.41, 5.74) is 0.931. The van der Waals surface area contributed by atoms with Gasteiger partial charge in [-0.25, -0.2) is 26.6 Å². The number of halogens is 3. The van der Waals surface area contributed by atoms with Crippen LogP contribution in [0.25, 0.3) is 0 Å². The van der Waals surface area contributed by atoms with Crippen molar-refractivity contribution in [3.05, 3.63) is 65.7 Å². The van der Waals surface area contributed by atoms with E-state index in [1.54, 1.807) is 19.2 Å². The number of anilines is 1. The predicted molar refractivity (Wildman–Crippen MR) is 120 cm³/mol. The molecule has 3 aromatic rings. The molecule has 1 saturated carbocycles. The van der Waals surface area contributed by atoms with Gasteiger partial charge in [0.15, 0.2) is 11.6 Å². The molecule has 182 valence electrons. The van der Waals surface area contributed by atoms with Crippen LogP contribution in [0, 0.1) is 23.4 Å². The lowest BCUT2D eigenvalue weighted by Crippen LogP contribution is -2.31. The summed E-state index contributed by atoms with van der Waals surface area (Å²) in [6, 6.07) is 7.49. The lowest BCUT2D eigenvalue weighted by Gasteiger charge is -2.35. The minimum absolute atomic E-state index is 0.00849. The maximum atomic E-state index is 14.7. The number of rotatable bonds is 8. The van der Waals surface area contributed by atoms with Crippen molar-refractivity contribution < 1.29 is 31.1 Å². The van der Waals surface area contributed by atoms with Gasteiger partial charge in [0.1, 0.15) is 22.9 Å². The number of aromatic nitrogens is 2. The van der Waals surface area contributed by atoms with Gasteiger partial charge in [0.2, 0.25) is 5.13 Å². The van der Waals surface area contributed by atoms with Gasteiger partial charge < -0.3 is 9.47 Å². The number of benzene rings is 2. The van der Waals surface area contributed by atoms with E-state index in [1.807, 2.05) is 0 Å². The zero-order valence-electron chi connectivity index (χ0n) is 18.1. The topological polar surface area (TPSA) is 90.4 Å². The first-order valence-corrected chi connectivity index (χ1v) is 12.7. The van der Waals surface area contributed by atoms with E-state index in [2.05, 4.69) is 14.1 Å². The molecule has 0 aliphatic heterocycles. The fourth-order valence-electron chi connectivity index (χ4n) is 4.18. The highest BCUT2D eigenvalue weighted by Crippen LogP contribution is 2.39. The van der Waals surface area contributed by atoms with Crippen molar-refractivity contribution in [3.8, 4) is 5.75 Å². The lowest BCUT2D eigenvalue weighted by atomic mass is 9.74. The van der Waals surface area contributed by atoms with Crippen LogP contribution in [-0.4, -0.2) is 37.6 Å². The maximum Gasteiger partial charge on any atom is 0.266 e. The summed E-state index contributed by atoms with van der Waals surface area (Å²) in [5, 5.41) is -0.0723. The summed E-state index contributed by atoms with van der Waals surface area (Å²) in [6.07, 6.45) is 3.33. The van der Waals surface area contributed by atoms with Gasteiger partial charge in [-0.15, -0.1) is 0 Å². The Morgan fingerprint density at radius 2 is 1.88 bits per heavy atom. The van der Waals surface area contributed by atoms with Crippen LogP contribution in [0.5, 0.6) is 5.75 Å². The number of hydrogen-bond acceptors (Lipinski definition) is 7. The number of ether oxygens (including phenoxy) is 2. The van der Waals surface area contributed by atoms with E-state index in [0.29, 0.717) is 18.6 Å². The fourth-order valence-corrected chi connectivity index (χ4v) is 5.91. The quantitative estimate of drug-likeness (QED) is 0.468. The zero-order valence-corrected chi connectivity index (χ0v) is 19.7.